The van der Waals surface area contributed by atoms with Crippen LogP contribution in [0.25, 0.3) is 33.5 Å². The molecular weight excluding hydrogens is 386 g/mol. The average Bonchev–Trinajstić information content (AvgIpc) is 3.46. The van der Waals surface area contributed by atoms with Crippen molar-refractivity contribution in [1.29, 1.82) is 0 Å². The predicted molar refractivity (Wildman–Crippen MR) is 113 cm³/mol. The van der Waals surface area contributed by atoms with Crippen molar-refractivity contribution >= 4 is 22.8 Å². The first-order valence-electron chi connectivity index (χ1n) is 9.25. The van der Waals surface area contributed by atoms with Gasteiger partial charge in [-0.1, -0.05) is 29.8 Å². The molecule has 0 saturated heterocycles. The highest BCUT2D eigenvalue weighted by Crippen LogP contribution is 2.31. The third-order valence-corrected chi connectivity index (χ3v) is 5.50. The fourth-order valence-corrected chi connectivity index (χ4v) is 3.79. The Morgan fingerprint density at radius 1 is 1.10 bits per heavy atom. The molecule has 0 amide bonds. The molecule has 0 spiro atoms. The van der Waals surface area contributed by atoms with E-state index in [0.29, 0.717) is 0 Å². The van der Waals surface area contributed by atoms with E-state index in [9.17, 15) is 0 Å². The van der Waals surface area contributed by atoms with E-state index in [1.807, 2.05) is 54.5 Å². The van der Waals surface area contributed by atoms with Crippen molar-refractivity contribution in [1.82, 2.24) is 34.9 Å². The molecule has 4 aromatic heterocycles. The molecule has 1 aromatic carbocycles. The van der Waals surface area contributed by atoms with Crippen molar-refractivity contribution in [3.8, 4) is 22.4 Å². The maximum atomic E-state index is 6.36. The summed E-state index contributed by atoms with van der Waals surface area (Å²) in [5.41, 5.74) is 7.15. The monoisotopic (exact) mass is 403 g/mol. The zero-order chi connectivity index (χ0) is 20.0. The lowest BCUT2D eigenvalue weighted by atomic mass is 10.1. The van der Waals surface area contributed by atoms with Gasteiger partial charge in [-0.05, 0) is 25.5 Å². The van der Waals surface area contributed by atoms with Gasteiger partial charge in [0, 0.05) is 39.8 Å². The molecule has 0 aliphatic carbocycles. The minimum absolute atomic E-state index is 0.0119. The standard InChI is InChI=1S/C21H18ClN7/c1-12-16(9-25-28-12)19-10-24-21-20(27-19)17(8-23-21)14-7-26-29(11-14)13(2)15-5-3-4-6-18(15)22/h3-11,13H,1-2H3,(H,23,24)(H,25,28). The van der Waals surface area contributed by atoms with Crippen molar-refractivity contribution in [3.05, 3.63) is 71.5 Å². The van der Waals surface area contributed by atoms with Gasteiger partial charge in [0.15, 0.2) is 5.65 Å². The van der Waals surface area contributed by atoms with Gasteiger partial charge in [0.25, 0.3) is 0 Å². The van der Waals surface area contributed by atoms with Crippen LogP contribution in [-0.2, 0) is 0 Å². The molecule has 0 aliphatic rings. The molecule has 144 valence electrons. The van der Waals surface area contributed by atoms with Gasteiger partial charge >= 0.3 is 0 Å². The minimum atomic E-state index is 0.0119. The molecule has 29 heavy (non-hydrogen) atoms. The summed E-state index contributed by atoms with van der Waals surface area (Å²) in [4.78, 5) is 12.5. The van der Waals surface area contributed by atoms with E-state index < -0.39 is 0 Å². The normalized spacial score (nSPS) is 12.5. The molecule has 5 aromatic rings. The van der Waals surface area contributed by atoms with Crippen LogP contribution < -0.4 is 0 Å². The van der Waals surface area contributed by atoms with Crippen LogP contribution >= 0.6 is 11.6 Å². The van der Waals surface area contributed by atoms with E-state index in [4.69, 9.17) is 16.6 Å². The molecule has 2 N–H and O–H groups in total. The molecule has 4 heterocycles. The lowest BCUT2D eigenvalue weighted by molar-refractivity contribution is 0.565. The summed E-state index contributed by atoms with van der Waals surface area (Å²) < 4.78 is 1.91. The van der Waals surface area contributed by atoms with Crippen LogP contribution in [0.2, 0.25) is 5.02 Å². The van der Waals surface area contributed by atoms with Gasteiger partial charge in [-0.2, -0.15) is 10.2 Å². The van der Waals surface area contributed by atoms with Crippen LogP contribution in [0.15, 0.2) is 55.2 Å². The first-order chi connectivity index (χ1) is 14.1. The Kier molecular flexibility index (Phi) is 4.17. The Morgan fingerprint density at radius 3 is 2.76 bits per heavy atom. The summed E-state index contributed by atoms with van der Waals surface area (Å²) in [6.07, 6.45) is 9.28. The van der Waals surface area contributed by atoms with Gasteiger partial charge < -0.3 is 4.98 Å². The maximum Gasteiger partial charge on any atom is 0.156 e. The molecule has 0 bridgehead atoms. The molecule has 1 unspecified atom stereocenters. The number of benzene rings is 1. The Morgan fingerprint density at radius 2 is 1.97 bits per heavy atom. The predicted octanol–water partition coefficient (Wildman–Crippen LogP) is 4.78. The Labute approximate surface area is 171 Å². The first kappa shape index (κ1) is 17.6. The van der Waals surface area contributed by atoms with Crippen molar-refractivity contribution in [2.24, 2.45) is 0 Å². The molecule has 0 radical (unpaired) electrons. The summed E-state index contributed by atoms with van der Waals surface area (Å²) >= 11 is 6.36. The molecule has 7 nitrogen and oxygen atoms in total. The smallest absolute Gasteiger partial charge is 0.156 e. The van der Waals surface area contributed by atoms with Crippen LogP contribution in [-0.4, -0.2) is 34.9 Å². The van der Waals surface area contributed by atoms with Gasteiger partial charge in [-0.3, -0.25) is 9.78 Å². The quantitative estimate of drug-likeness (QED) is 0.452. The number of nitrogens with zero attached hydrogens (tertiary/aromatic N) is 5. The molecule has 5 rings (SSSR count). The van der Waals surface area contributed by atoms with Gasteiger partial charge in [0.05, 0.1) is 30.3 Å². The summed E-state index contributed by atoms with van der Waals surface area (Å²) in [6.45, 7) is 4.04. The first-order valence-corrected chi connectivity index (χ1v) is 9.63. The van der Waals surface area contributed by atoms with Gasteiger partial charge in [-0.15, -0.1) is 0 Å². The fraction of sp³-hybridized carbons (Fsp3) is 0.143. The van der Waals surface area contributed by atoms with Crippen molar-refractivity contribution in [3.63, 3.8) is 0 Å². The maximum absolute atomic E-state index is 6.36. The lowest BCUT2D eigenvalue weighted by Gasteiger charge is -2.13. The molecule has 1 atom stereocenters. The van der Waals surface area contributed by atoms with E-state index >= 15 is 0 Å². The Bertz CT molecular complexity index is 1310. The third-order valence-electron chi connectivity index (χ3n) is 5.15. The van der Waals surface area contributed by atoms with Crippen molar-refractivity contribution < 1.29 is 0 Å². The van der Waals surface area contributed by atoms with E-state index in [1.54, 1.807) is 12.4 Å². The summed E-state index contributed by atoms with van der Waals surface area (Å²) in [5, 5.41) is 12.3. The zero-order valence-electron chi connectivity index (χ0n) is 15.9. The van der Waals surface area contributed by atoms with Crippen molar-refractivity contribution in [2.45, 2.75) is 19.9 Å². The molecular formula is C21H18ClN7. The molecule has 0 aliphatic heterocycles. The van der Waals surface area contributed by atoms with Gasteiger partial charge in [-0.25, -0.2) is 9.97 Å². The number of nitrogens with one attached hydrogen (secondary N) is 2. The number of aromatic amines is 2. The Hall–Kier alpha value is -3.45. The van der Waals surface area contributed by atoms with E-state index in [0.717, 1.165) is 49.8 Å². The largest absolute Gasteiger partial charge is 0.344 e. The minimum Gasteiger partial charge on any atom is -0.344 e. The van der Waals surface area contributed by atoms with E-state index in [-0.39, 0.29) is 6.04 Å². The lowest BCUT2D eigenvalue weighted by Crippen LogP contribution is -2.07. The summed E-state index contributed by atoms with van der Waals surface area (Å²) in [6, 6.07) is 7.84. The SMILES string of the molecule is Cc1[nH]ncc1-c1cnc2[nH]cc(-c3cnn(C(C)c4ccccc4Cl)c3)c2n1. The number of aryl methyl sites for hydroxylation is 1. The number of fused-ring (bicyclic) bond motifs is 1. The topological polar surface area (TPSA) is 88.1 Å². The average molecular weight is 404 g/mol. The van der Waals surface area contributed by atoms with Crippen LogP contribution in [0.5, 0.6) is 0 Å². The number of rotatable bonds is 4. The highest BCUT2D eigenvalue weighted by Gasteiger charge is 2.16. The molecule has 0 saturated carbocycles. The second-order valence-corrected chi connectivity index (χ2v) is 7.38. The summed E-state index contributed by atoms with van der Waals surface area (Å²) in [7, 11) is 0. The number of hydrogen-bond donors (Lipinski definition) is 2. The fourth-order valence-electron chi connectivity index (χ4n) is 3.50. The molecule has 0 fully saturated rings. The second-order valence-electron chi connectivity index (χ2n) is 6.97. The highest BCUT2D eigenvalue weighted by atomic mass is 35.5. The van der Waals surface area contributed by atoms with Crippen LogP contribution in [0.4, 0.5) is 0 Å². The molecule has 8 heteroatoms. The van der Waals surface area contributed by atoms with Crippen LogP contribution in [0.1, 0.15) is 24.2 Å². The number of hydrogen-bond acceptors (Lipinski definition) is 4. The Balaban J connectivity index is 1.55. The third kappa shape index (κ3) is 3.00. The number of aromatic nitrogens is 7. The number of H-pyrrole nitrogens is 2. The summed E-state index contributed by atoms with van der Waals surface area (Å²) in [5.74, 6) is 0. The number of halogens is 1. The highest BCUT2D eigenvalue weighted by molar-refractivity contribution is 6.31. The van der Waals surface area contributed by atoms with Gasteiger partial charge in [0.1, 0.15) is 5.52 Å². The van der Waals surface area contributed by atoms with Crippen LogP contribution in [0, 0.1) is 6.92 Å². The second kappa shape index (κ2) is 6.86. The van der Waals surface area contributed by atoms with Crippen LogP contribution in [0.3, 0.4) is 0 Å². The van der Waals surface area contributed by atoms with Gasteiger partial charge in [0.2, 0.25) is 0 Å². The van der Waals surface area contributed by atoms with E-state index in [2.05, 4.69) is 32.2 Å². The van der Waals surface area contributed by atoms with Crippen molar-refractivity contribution in [2.75, 3.05) is 0 Å². The zero-order valence-corrected chi connectivity index (χ0v) is 16.6. The van der Waals surface area contributed by atoms with E-state index in [1.165, 1.54) is 0 Å².